The lowest BCUT2D eigenvalue weighted by Gasteiger charge is -2.25. The number of allylic oxidation sites excluding steroid dienone is 1. The minimum absolute atomic E-state index is 0.252. The molecule has 1 N–H and O–H groups in total. The summed E-state index contributed by atoms with van der Waals surface area (Å²) in [6, 6.07) is 31.0. The first kappa shape index (κ1) is 30.9. The fourth-order valence-corrected chi connectivity index (χ4v) is 6.54. The van der Waals surface area contributed by atoms with E-state index >= 15 is 0 Å². The van der Waals surface area contributed by atoms with Crippen molar-refractivity contribution in [2.24, 2.45) is 4.99 Å². The molecule has 6 rings (SSSR count). The number of aromatic nitrogens is 1. The van der Waals surface area contributed by atoms with Crippen LogP contribution in [-0.2, 0) is 4.79 Å². The number of ether oxygens (including phenoxy) is 3. The summed E-state index contributed by atoms with van der Waals surface area (Å²) in [5.74, 6) is 1.23. The van der Waals surface area contributed by atoms with E-state index in [1.165, 1.54) is 18.4 Å². The number of nitrogens with zero attached hydrogens (tertiary/aromatic N) is 2. The maximum atomic E-state index is 14.1. The van der Waals surface area contributed by atoms with Gasteiger partial charge < -0.3 is 19.5 Å². The first-order chi connectivity index (χ1) is 22.4. The second-order valence-corrected chi connectivity index (χ2v) is 11.8. The Bertz CT molecular complexity index is 2080. The number of benzene rings is 4. The van der Waals surface area contributed by atoms with Crippen LogP contribution in [-0.4, -0.2) is 30.8 Å². The Morgan fingerprint density at radius 2 is 1.61 bits per heavy atom. The molecule has 10 heteroatoms. The van der Waals surface area contributed by atoms with Crippen LogP contribution >= 0.6 is 22.9 Å². The number of anilines is 1. The van der Waals surface area contributed by atoms with Crippen molar-refractivity contribution in [3.05, 3.63) is 150 Å². The summed E-state index contributed by atoms with van der Waals surface area (Å²) in [5, 5.41) is 3.29. The maximum Gasteiger partial charge on any atom is 0.271 e. The minimum Gasteiger partial charge on any atom is -0.493 e. The quantitative estimate of drug-likeness (QED) is 0.187. The summed E-state index contributed by atoms with van der Waals surface area (Å²) in [4.78, 5) is 33.0. The molecule has 8 nitrogen and oxygen atoms in total. The number of rotatable bonds is 10. The van der Waals surface area contributed by atoms with Gasteiger partial charge in [-0.1, -0.05) is 89.7 Å². The van der Waals surface area contributed by atoms with E-state index in [1.807, 2.05) is 91.0 Å². The summed E-state index contributed by atoms with van der Waals surface area (Å²) in [7, 11) is 1.53. The average molecular weight is 652 g/mol. The fourth-order valence-electron chi connectivity index (χ4n) is 5.22. The van der Waals surface area contributed by atoms with E-state index in [0.29, 0.717) is 55.0 Å². The number of nitrogens with one attached hydrogen (secondary N) is 1. The van der Waals surface area contributed by atoms with Gasteiger partial charge >= 0.3 is 0 Å². The molecule has 0 fully saturated rings. The van der Waals surface area contributed by atoms with E-state index in [4.69, 9.17) is 30.8 Å². The molecule has 0 saturated heterocycles. The van der Waals surface area contributed by atoms with Crippen LogP contribution in [0.25, 0.3) is 6.08 Å². The Morgan fingerprint density at radius 1 is 0.957 bits per heavy atom. The zero-order chi connectivity index (χ0) is 32.0. The third kappa shape index (κ3) is 6.61. The van der Waals surface area contributed by atoms with Crippen LogP contribution < -0.4 is 34.4 Å². The third-order valence-electron chi connectivity index (χ3n) is 7.30. The van der Waals surface area contributed by atoms with Crippen molar-refractivity contribution < 1.29 is 19.0 Å². The van der Waals surface area contributed by atoms with Gasteiger partial charge in [-0.2, -0.15) is 0 Å². The van der Waals surface area contributed by atoms with Crippen LogP contribution in [0.15, 0.2) is 124 Å². The summed E-state index contributed by atoms with van der Waals surface area (Å²) in [6.45, 7) is 2.36. The molecule has 0 aliphatic carbocycles. The number of carbonyl (C=O) groups is 1. The fraction of sp³-hybridized carbons (Fsp3) is 0.139. The number of para-hydroxylation sites is 2. The monoisotopic (exact) mass is 651 g/mol. The smallest absolute Gasteiger partial charge is 0.271 e. The van der Waals surface area contributed by atoms with Gasteiger partial charge in [-0.05, 0) is 60.5 Å². The second-order valence-electron chi connectivity index (χ2n) is 10.4. The van der Waals surface area contributed by atoms with Gasteiger partial charge in [0.15, 0.2) is 16.3 Å². The molecule has 4 aromatic carbocycles. The number of halogens is 1. The number of hydrogen-bond donors (Lipinski definition) is 1. The molecule has 46 heavy (non-hydrogen) atoms. The highest BCUT2D eigenvalue weighted by atomic mass is 35.5. The number of hydrogen-bond acceptors (Lipinski definition) is 7. The van der Waals surface area contributed by atoms with Crippen LogP contribution in [0, 0.1) is 0 Å². The highest BCUT2D eigenvalue weighted by Gasteiger charge is 2.32. The molecular weight excluding hydrogens is 622 g/mol. The molecular formula is C36H30ClN3O5S. The molecule has 0 spiro atoms. The predicted octanol–water partition coefficient (Wildman–Crippen LogP) is 5.99. The van der Waals surface area contributed by atoms with E-state index in [1.54, 1.807) is 29.7 Å². The normalized spacial score (nSPS) is 14.3. The van der Waals surface area contributed by atoms with E-state index < -0.39 is 6.04 Å². The zero-order valence-corrected chi connectivity index (χ0v) is 26.7. The van der Waals surface area contributed by atoms with Crippen molar-refractivity contribution in [3.8, 4) is 17.2 Å². The molecule has 1 unspecified atom stereocenters. The lowest BCUT2D eigenvalue weighted by atomic mass is 9.95. The predicted molar refractivity (Wildman–Crippen MR) is 181 cm³/mol. The van der Waals surface area contributed by atoms with Gasteiger partial charge in [-0.25, -0.2) is 4.99 Å². The Morgan fingerprint density at radius 3 is 2.30 bits per heavy atom. The van der Waals surface area contributed by atoms with E-state index in [-0.39, 0.29) is 18.1 Å². The lowest BCUT2D eigenvalue weighted by Crippen LogP contribution is -2.40. The molecule has 1 amide bonds. The minimum atomic E-state index is -0.671. The molecule has 5 aromatic rings. The van der Waals surface area contributed by atoms with E-state index in [9.17, 15) is 9.59 Å². The number of fused-ring (bicyclic) bond motifs is 1. The molecule has 2 heterocycles. The third-order valence-corrected chi connectivity index (χ3v) is 8.57. The van der Waals surface area contributed by atoms with Crippen molar-refractivity contribution >= 4 is 40.6 Å². The Labute approximate surface area is 274 Å². The van der Waals surface area contributed by atoms with Crippen molar-refractivity contribution in [2.75, 3.05) is 25.6 Å². The first-order valence-corrected chi connectivity index (χ1v) is 15.7. The molecule has 1 aliphatic heterocycles. The molecule has 0 radical (unpaired) electrons. The van der Waals surface area contributed by atoms with Crippen LogP contribution in [0.2, 0.25) is 5.02 Å². The highest BCUT2D eigenvalue weighted by molar-refractivity contribution is 7.07. The maximum absolute atomic E-state index is 14.1. The molecule has 1 atom stereocenters. The summed E-state index contributed by atoms with van der Waals surface area (Å²) < 4.78 is 19.2. The largest absolute Gasteiger partial charge is 0.493 e. The highest BCUT2D eigenvalue weighted by Crippen LogP contribution is 2.37. The number of amides is 1. The molecule has 232 valence electrons. The summed E-state index contributed by atoms with van der Waals surface area (Å²) in [6.07, 6.45) is 1.74. The molecule has 1 aliphatic rings. The SMILES string of the molecule is COc1cc(/C=c2\sc3n(c2=O)C(c2ccccc2)C(C(=O)Nc2ccccc2)=C(C)N=3)cc(Cl)c1OCCOc1ccccc1. The van der Waals surface area contributed by atoms with Crippen LogP contribution in [0.3, 0.4) is 0 Å². The number of thiazole rings is 1. The van der Waals surface area contributed by atoms with Gasteiger partial charge in [-0.3, -0.25) is 14.2 Å². The topological polar surface area (TPSA) is 91.2 Å². The van der Waals surface area contributed by atoms with Gasteiger partial charge in [0.1, 0.15) is 19.0 Å². The van der Waals surface area contributed by atoms with Gasteiger partial charge in [0.2, 0.25) is 0 Å². The van der Waals surface area contributed by atoms with Gasteiger partial charge in [0.05, 0.1) is 34.0 Å². The van der Waals surface area contributed by atoms with E-state index in [0.717, 1.165) is 11.3 Å². The standard InChI is InChI=1S/C36H30ClN3O5S/c1-23-31(34(41)39-26-14-8-4-9-15-26)32(25-12-6-3-7-13-25)40-35(42)30(46-36(40)38-23)22-24-20-28(37)33(29(21-24)43-2)45-19-18-44-27-16-10-5-11-17-27/h3-17,20-22,32H,18-19H2,1-2H3,(H,39,41)/b30-22-. The molecule has 1 aromatic heterocycles. The van der Waals surface area contributed by atoms with Crippen molar-refractivity contribution in [1.82, 2.24) is 4.57 Å². The first-order valence-electron chi connectivity index (χ1n) is 14.5. The Kier molecular flexibility index (Phi) is 9.33. The average Bonchev–Trinajstić information content (AvgIpc) is 3.37. The van der Waals surface area contributed by atoms with Gasteiger partial charge in [-0.15, -0.1) is 0 Å². The Balaban J connectivity index is 1.33. The van der Waals surface area contributed by atoms with Gasteiger partial charge in [0, 0.05) is 5.69 Å². The van der Waals surface area contributed by atoms with Gasteiger partial charge in [0.25, 0.3) is 11.5 Å². The van der Waals surface area contributed by atoms with E-state index in [2.05, 4.69) is 5.32 Å². The number of carbonyl (C=O) groups excluding carboxylic acids is 1. The second kappa shape index (κ2) is 13.9. The molecule has 0 bridgehead atoms. The lowest BCUT2D eigenvalue weighted by molar-refractivity contribution is -0.113. The summed E-state index contributed by atoms with van der Waals surface area (Å²) >= 11 is 7.89. The van der Waals surface area contributed by atoms with Crippen molar-refractivity contribution in [1.29, 1.82) is 0 Å². The summed E-state index contributed by atoms with van der Waals surface area (Å²) in [5.41, 5.74) is 2.76. The number of methoxy groups -OCH3 is 1. The van der Waals surface area contributed by atoms with Crippen molar-refractivity contribution in [2.45, 2.75) is 13.0 Å². The van der Waals surface area contributed by atoms with Crippen molar-refractivity contribution in [3.63, 3.8) is 0 Å². The Hall–Kier alpha value is -5.12. The van der Waals surface area contributed by atoms with Crippen LogP contribution in [0.4, 0.5) is 5.69 Å². The van der Waals surface area contributed by atoms with Crippen LogP contribution in [0.5, 0.6) is 17.2 Å². The van der Waals surface area contributed by atoms with Crippen LogP contribution in [0.1, 0.15) is 24.1 Å². The zero-order valence-electron chi connectivity index (χ0n) is 25.1. The molecule has 0 saturated carbocycles.